The summed E-state index contributed by atoms with van der Waals surface area (Å²) in [7, 11) is 0. The van der Waals surface area contributed by atoms with Gasteiger partial charge in [0, 0.05) is 17.3 Å². The van der Waals surface area contributed by atoms with Crippen molar-refractivity contribution >= 4 is 23.5 Å². The number of aromatic nitrogens is 2. The highest BCUT2D eigenvalue weighted by molar-refractivity contribution is 6.27. The van der Waals surface area contributed by atoms with Crippen molar-refractivity contribution in [1.29, 1.82) is 0 Å². The maximum absolute atomic E-state index is 14.0. The van der Waals surface area contributed by atoms with E-state index in [4.69, 9.17) is 27.2 Å². The third kappa shape index (κ3) is 2.64. The lowest BCUT2D eigenvalue weighted by Gasteiger charge is -2.21. The Morgan fingerprint density at radius 3 is 2.81 bits per heavy atom. The molecule has 0 saturated carbocycles. The molecule has 1 aliphatic rings. The third-order valence-corrected chi connectivity index (χ3v) is 3.19. The first kappa shape index (κ1) is 15.8. The molecular weight excluding hydrogens is 312 g/mol. The van der Waals surface area contributed by atoms with Crippen LogP contribution in [0.1, 0.15) is 11.8 Å². The molecule has 21 heavy (non-hydrogen) atoms. The summed E-state index contributed by atoms with van der Waals surface area (Å²) >= 11 is 5.38. The van der Waals surface area contributed by atoms with Crippen molar-refractivity contribution in [2.75, 3.05) is 12.3 Å². The molecule has 10 heteroatoms. The number of nitrogen functional groups attached to an aromatic ring is 1. The van der Waals surface area contributed by atoms with Crippen LogP contribution in [0.2, 0.25) is 0 Å². The van der Waals surface area contributed by atoms with E-state index >= 15 is 0 Å². The highest BCUT2D eigenvalue weighted by Crippen LogP contribution is 2.42. The number of nitrogens with two attached hydrogens (primary N) is 1. The van der Waals surface area contributed by atoms with Gasteiger partial charge in [0.05, 0.1) is 6.61 Å². The van der Waals surface area contributed by atoms with Gasteiger partial charge < -0.3 is 20.7 Å². The van der Waals surface area contributed by atoms with Crippen molar-refractivity contribution in [2.45, 2.75) is 24.4 Å². The number of rotatable bonds is 3. The molecule has 0 amide bonds. The highest BCUT2D eigenvalue weighted by Gasteiger charge is 2.59. The van der Waals surface area contributed by atoms with Gasteiger partial charge in [-0.3, -0.25) is 4.57 Å². The lowest BCUT2D eigenvalue weighted by molar-refractivity contribution is -0.141. The van der Waals surface area contributed by atoms with E-state index in [2.05, 4.69) is 4.98 Å². The highest BCUT2D eigenvalue weighted by atomic mass is 35.5. The second-order valence-corrected chi connectivity index (χ2v) is 4.64. The van der Waals surface area contributed by atoms with E-state index in [1.54, 1.807) is 0 Å². The minimum atomic E-state index is -3.78. The zero-order valence-corrected chi connectivity index (χ0v) is 11.2. The largest absolute Gasteiger partial charge is 0.394 e. The van der Waals surface area contributed by atoms with Gasteiger partial charge in [-0.05, 0) is 6.08 Å². The zero-order valence-electron chi connectivity index (χ0n) is 10.5. The van der Waals surface area contributed by atoms with Crippen LogP contribution in [0.25, 0.3) is 6.08 Å². The summed E-state index contributed by atoms with van der Waals surface area (Å²) in [5, 5.41) is 18.4. The van der Waals surface area contributed by atoms with E-state index in [-0.39, 0.29) is 11.4 Å². The van der Waals surface area contributed by atoms with Gasteiger partial charge in [0.15, 0.2) is 6.10 Å². The second-order valence-electron chi connectivity index (χ2n) is 4.39. The Bertz CT molecular complexity index is 622. The monoisotopic (exact) mass is 323 g/mol. The molecule has 2 heterocycles. The summed E-state index contributed by atoms with van der Waals surface area (Å²) in [6, 6.07) is 0. The lowest BCUT2D eigenvalue weighted by atomic mass is 10.1. The fourth-order valence-electron chi connectivity index (χ4n) is 1.98. The van der Waals surface area contributed by atoms with Crippen molar-refractivity contribution in [2.24, 2.45) is 0 Å². The molecule has 1 aliphatic heterocycles. The van der Waals surface area contributed by atoms with Gasteiger partial charge in [0.25, 0.3) is 0 Å². The number of ether oxygens (including phenoxy) is 1. The molecule has 116 valence electrons. The number of aliphatic hydroxyl groups excluding tert-OH is 2. The minimum Gasteiger partial charge on any atom is -0.394 e. The summed E-state index contributed by atoms with van der Waals surface area (Å²) in [6.45, 7) is -0.821. The standard InChI is InChI=1S/C11H12ClF2N3O4/c12-2-1-5-3-17(10(20)16-8(5)15)9-11(13,14)7(19)6(4-18)21-9/h1-3,6-7,9,18-19H,4H2,(H2,15,16,20)/b2-1-. The molecule has 3 atom stereocenters. The fourth-order valence-corrected chi connectivity index (χ4v) is 2.12. The molecule has 0 aliphatic carbocycles. The summed E-state index contributed by atoms with van der Waals surface area (Å²) in [4.78, 5) is 15.1. The maximum atomic E-state index is 14.0. The van der Waals surface area contributed by atoms with Gasteiger partial charge in [-0.25, -0.2) is 4.79 Å². The molecule has 4 N–H and O–H groups in total. The minimum absolute atomic E-state index is 0.130. The topological polar surface area (TPSA) is 111 Å². The molecule has 0 spiro atoms. The van der Waals surface area contributed by atoms with Crippen molar-refractivity contribution in [3.8, 4) is 0 Å². The number of anilines is 1. The van der Waals surface area contributed by atoms with E-state index in [0.29, 0.717) is 4.57 Å². The SMILES string of the molecule is Nc1nc(=O)n(C2OC(CO)C(O)C2(F)F)cc1/C=C\Cl. The van der Waals surface area contributed by atoms with Crippen molar-refractivity contribution in [3.63, 3.8) is 0 Å². The lowest BCUT2D eigenvalue weighted by Crippen LogP contribution is -2.42. The average Bonchev–Trinajstić information content (AvgIpc) is 2.65. The van der Waals surface area contributed by atoms with Crippen LogP contribution in [-0.2, 0) is 4.74 Å². The molecule has 1 fully saturated rings. The van der Waals surface area contributed by atoms with Crippen LogP contribution < -0.4 is 11.4 Å². The van der Waals surface area contributed by atoms with Crippen LogP contribution in [0.3, 0.4) is 0 Å². The first-order valence-corrected chi connectivity index (χ1v) is 6.24. The Hall–Kier alpha value is -1.55. The van der Waals surface area contributed by atoms with Crippen LogP contribution in [-0.4, -0.2) is 44.5 Å². The quantitative estimate of drug-likeness (QED) is 0.717. The molecule has 7 nitrogen and oxygen atoms in total. The molecule has 1 aromatic heterocycles. The molecule has 0 radical (unpaired) electrons. The summed E-state index contributed by atoms with van der Waals surface area (Å²) in [5.74, 6) is -3.97. The summed E-state index contributed by atoms with van der Waals surface area (Å²) < 4.78 is 33.3. The van der Waals surface area contributed by atoms with Gasteiger partial charge in [0.2, 0.25) is 6.23 Å². The number of hydrogen-bond acceptors (Lipinski definition) is 6. The Morgan fingerprint density at radius 1 is 1.62 bits per heavy atom. The molecular formula is C11H12ClF2N3O4. The molecule has 0 aromatic carbocycles. The Morgan fingerprint density at radius 2 is 2.29 bits per heavy atom. The summed E-state index contributed by atoms with van der Waals surface area (Å²) in [5.41, 5.74) is 5.60. The van der Waals surface area contributed by atoms with Crippen LogP contribution >= 0.6 is 11.6 Å². The van der Waals surface area contributed by atoms with Crippen molar-refractivity contribution in [1.82, 2.24) is 9.55 Å². The van der Waals surface area contributed by atoms with Crippen LogP contribution in [0.15, 0.2) is 16.5 Å². The molecule has 3 unspecified atom stereocenters. The fraction of sp³-hybridized carbons (Fsp3) is 0.455. The molecule has 0 bridgehead atoms. The maximum Gasteiger partial charge on any atom is 0.351 e. The predicted octanol–water partition coefficient (Wildman–Crippen LogP) is -0.0791. The Balaban J connectivity index is 2.51. The van der Waals surface area contributed by atoms with E-state index < -0.39 is 36.7 Å². The van der Waals surface area contributed by atoms with E-state index in [1.165, 1.54) is 6.08 Å². The average molecular weight is 324 g/mol. The first-order valence-electron chi connectivity index (χ1n) is 5.80. The van der Waals surface area contributed by atoms with Gasteiger partial charge >= 0.3 is 11.6 Å². The normalized spacial score (nSPS) is 28.3. The smallest absolute Gasteiger partial charge is 0.351 e. The molecule has 2 rings (SSSR count). The van der Waals surface area contributed by atoms with E-state index in [0.717, 1.165) is 11.7 Å². The van der Waals surface area contributed by atoms with Gasteiger partial charge in [-0.1, -0.05) is 11.6 Å². The van der Waals surface area contributed by atoms with Crippen LogP contribution in [0, 0.1) is 0 Å². The number of aliphatic hydroxyl groups is 2. The van der Waals surface area contributed by atoms with Gasteiger partial charge in [-0.2, -0.15) is 13.8 Å². The molecule has 1 aromatic rings. The van der Waals surface area contributed by atoms with Crippen molar-refractivity contribution in [3.05, 3.63) is 27.8 Å². The zero-order chi connectivity index (χ0) is 15.8. The number of halogens is 3. The number of nitrogens with zero attached hydrogens (tertiary/aromatic N) is 2. The van der Waals surface area contributed by atoms with E-state index in [9.17, 15) is 18.7 Å². The van der Waals surface area contributed by atoms with Crippen LogP contribution in [0.4, 0.5) is 14.6 Å². The van der Waals surface area contributed by atoms with Crippen LogP contribution in [0.5, 0.6) is 0 Å². The predicted molar refractivity (Wildman–Crippen MR) is 69.7 cm³/mol. The Labute approximate surface area is 122 Å². The summed E-state index contributed by atoms with van der Waals surface area (Å²) in [6.07, 6.45) is -3.61. The number of hydrogen-bond donors (Lipinski definition) is 3. The first-order chi connectivity index (χ1) is 9.82. The van der Waals surface area contributed by atoms with E-state index in [1.807, 2.05) is 0 Å². The van der Waals surface area contributed by atoms with Gasteiger partial charge in [-0.15, -0.1) is 0 Å². The Kier molecular flexibility index (Phi) is 4.28. The molecule has 1 saturated heterocycles. The third-order valence-electron chi connectivity index (χ3n) is 3.07. The second kappa shape index (κ2) is 5.68. The van der Waals surface area contributed by atoms with Gasteiger partial charge in [0.1, 0.15) is 11.9 Å². The number of alkyl halides is 2. The van der Waals surface area contributed by atoms with Crippen molar-refractivity contribution < 1.29 is 23.7 Å².